The number of likely N-dealkylation sites (tertiary alicyclic amines) is 1. The van der Waals surface area contributed by atoms with Gasteiger partial charge in [0, 0.05) is 42.3 Å². The molecule has 29 heavy (non-hydrogen) atoms. The number of hydrogen-bond donors (Lipinski definition) is 3. The normalized spacial score (nSPS) is 27.3. The number of rotatable bonds is 5. The van der Waals surface area contributed by atoms with E-state index in [1.807, 2.05) is 0 Å². The molecule has 0 aliphatic carbocycles. The van der Waals surface area contributed by atoms with Gasteiger partial charge < -0.3 is 20.6 Å². The first-order valence-electron chi connectivity index (χ1n) is 10.4. The lowest BCUT2D eigenvalue weighted by atomic mass is 9.79. The van der Waals surface area contributed by atoms with Gasteiger partial charge in [0.05, 0.1) is 0 Å². The van der Waals surface area contributed by atoms with Crippen LogP contribution in [0.4, 0.5) is 8.78 Å². The fourth-order valence-electron chi connectivity index (χ4n) is 5.04. The van der Waals surface area contributed by atoms with E-state index in [9.17, 15) is 18.7 Å². The molecule has 2 saturated heterocycles. The van der Waals surface area contributed by atoms with Gasteiger partial charge >= 0.3 is 0 Å². The molecule has 162 valence electrons. The van der Waals surface area contributed by atoms with Crippen molar-refractivity contribution in [3.63, 3.8) is 0 Å². The summed E-state index contributed by atoms with van der Waals surface area (Å²) in [4.78, 5) is 14.4. The molecule has 2 fully saturated rings. The van der Waals surface area contributed by atoms with Crippen molar-refractivity contribution in [2.24, 2.45) is 0 Å². The summed E-state index contributed by atoms with van der Waals surface area (Å²) in [7, 11) is 0. The summed E-state index contributed by atoms with van der Waals surface area (Å²) in [5.41, 5.74) is -1.49. The molecule has 0 spiro atoms. The van der Waals surface area contributed by atoms with E-state index < -0.39 is 23.1 Å². The molecule has 1 atom stereocenters. The molecule has 0 unspecified atom stereocenters. The molecule has 0 aromatic heterocycles. The van der Waals surface area contributed by atoms with E-state index in [0.29, 0.717) is 19.4 Å². The fraction of sp³-hybridized carbons (Fsp3) is 0.682. The van der Waals surface area contributed by atoms with E-state index in [1.54, 1.807) is 0 Å². The molecule has 1 amide bonds. The maximum absolute atomic E-state index is 14.0. The van der Waals surface area contributed by atoms with Crippen LogP contribution in [0.3, 0.4) is 0 Å². The number of halogens is 2. The number of aliphatic hydroxyl groups is 1. The van der Waals surface area contributed by atoms with E-state index in [-0.39, 0.29) is 35.8 Å². The summed E-state index contributed by atoms with van der Waals surface area (Å²) >= 11 is 0. The van der Waals surface area contributed by atoms with Gasteiger partial charge in [0.2, 0.25) is 0 Å². The van der Waals surface area contributed by atoms with E-state index in [0.717, 1.165) is 18.9 Å². The van der Waals surface area contributed by atoms with Crippen molar-refractivity contribution in [1.29, 1.82) is 0 Å². The van der Waals surface area contributed by atoms with E-state index in [1.165, 1.54) is 17.0 Å². The van der Waals surface area contributed by atoms with Gasteiger partial charge in [-0.15, -0.1) is 0 Å². The third-order valence-corrected chi connectivity index (χ3v) is 5.97. The van der Waals surface area contributed by atoms with E-state index in [2.05, 4.69) is 38.3 Å². The maximum atomic E-state index is 14.0. The number of nitrogens with one attached hydrogen (secondary N) is 2. The third kappa shape index (κ3) is 5.13. The highest BCUT2D eigenvalue weighted by Gasteiger charge is 2.44. The number of carbonyl (C=O) groups is 1. The molecule has 2 aliphatic rings. The average Bonchev–Trinajstić information content (AvgIpc) is 2.59. The van der Waals surface area contributed by atoms with Crippen LogP contribution in [0.2, 0.25) is 0 Å². The molecule has 0 bridgehead atoms. The number of amides is 1. The minimum Gasteiger partial charge on any atom is -0.379 e. The first-order chi connectivity index (χ1) is 13.4. The van der Waals surface area contributed by atoms with Crippen molar-refractivity contribution in [2.45, 2.75) is 82.6 Å². The van der Waals surface area contributed by atoms with Gasteiger partial charge in [0.25, 0.3) is 5.91 Å². The first-order valence-corrected chi connectivity index (χ1v) is 10.4. The summed E-state index contributed by atoms with van der Waals surface area (Å²) in [6.07, 6.45) is 2.75. The Kier molecular flexibility index (Phi) is 6.05. The molecular formula is C22H33F2N3O2. The standard InChI is InChI=1S/C22H33F2N3O2/c1-20(2)11-16(12-21(3,4)26-20)25-14-22(29)9-6-10-27(19(22)28)13-15-7-5-8-17(23)18(15)24/h5,7-8,16,25-26,29H,6,9-14H2,1-4H3/t22-/m0/s1. The summed E-state index contributed by atoms with van der Waals surface area (Å²) in [6.45, 7) is 9.14. The van der Waals surface area contributed by atoms with Crippen LogP contribution in [0, 0.1) is 11.6 Å². The minimum atomic E-state index is -1.53. The van der Waals surface area contributed by atoms with Gasteiger partial charge in [-0.3, -0.25) is 4.79 Å². The van der Waals surface area contributed by atoms with Crippen LogP contribution in [-0.4, -0.2) is 51.7 Å². The Balaban J connectivity index is 1.66. The Morgan fingerprint density at radius 1 is 1.21 bits per heavy atom. The SMILES string of the molecule is CC1(C)CC(NC[C@@]2(O)CCCN(Cc3cccc(F)c3F)C2=O)CC(C)(C)N1. The Morgan fingerprint density at radius 2 is 1.86 bits per heavy atom. The van der Waals surface area contributed by atoms with Crippen LogP contribution >= 0.6 is 0 Å². The molecule has 0 saturated carbocycles. The van der Waals surface area contributed by atoms with E-state index in [4.69, 9.17) is 0 Å². The lowest BCUT2D eigenvalue weighted by Gasteiger charge is -2.47. The summed E-state index contributed by atoms with van der Waals surface area (Å²) < 4.78 is 27.5. The summed E-state index contributed by atoms with van der Waals surface area (Å²) in [5, 5.41) is 18.1. The minimum absolute atomic E-state index is 0.0421. The van der Waals surface area contributed by atoms with Crippen LogP contribution in [0.1, 0.15) is 58.9 Å². The second-order valence-corrected chi connectivity index (χ2v) is 9.95. The van der Waals surface area contributed by atoms with E-state index >= 15 is 0 Å². The van der Waals surface area contributed by atoms with Crippen LogP contribution in [0.25, 0.3) is 0 Å². The molecule has 0 radical (unpaired) electrons. The lowest BCUT2D eigenvalue weighted by molar-refractivity contribution is -0.157. The maximum Gasteiger partial charge on any atom is 0.256 e. The summed E-state index contributed by atoms with van der Waals surface area (Å²) in [6, 6.07) is 4.13. The lowest BCUT2D eigenvalue weighted by Crippen LogP contribution is -2.64. The number of benzene rings is 1. The van der Waals surface area contributed by atoms with Crippen LogP contribution in [0.5, 0.6) is 0 Å². The quantitative estimate of drug-likeness (QED) is 0.700. The van der Waals surface area contributed by atoms with Crippen molar-refractivity contribution in [2.75, 3.05) is 13.1 Å². The molecule has 3 rings (SSSR count). The topological polar surface area (TPSA) is 64.6 Å². The fourth-order valence-corrected chi connectivity index (χ4v) is 5.04. The van der Waals surface area contributed by atoms with Crippen molar-refractivity contribution in [1.82, 2.24) is 15.5 Å². The molecule has 1 aromatic rings. The Labute approximate surface area is 171 Å². The molecule has 2 aliphatic heterocycles. The number of hydrogen-bond acceptors (Lipinski definition) is 4. The largest absolute Gasteiger partial charge is 0.379 e. The zero-order valence-corrected chi connectivity index (χ0v) is 17.8. The first kappa shape index (κ1) is 22.1. The summed E-state index contributed by atoms with van der Waals surface area (Å²) in [5.74, 6) is -2.29. The van der Waals surface area contributed by atoms with Gasteiger partial charge in [-0.25, -0.2) is 8.78 Å². The highest BCUT2D eigenvalue weighted by molar-refractivity contribution is 5.86. The Hall–Kier alpha value is -1.57. The zero-order valence-electron chi connectivity index (χ0n) is 17.8. The molecule has 2 heterocycles. The van der Waals surface area contributed by atoms with Gasteiger partial charge in [-0.2, -0.15) is 0 Å². The zero-order chi connectivity index (χ0) is 21.4. The molecule has 5 nitrogen and oxygen atoms in total. The molecule has 3 N–H and O–H groups in total. The highest BCUT2D eigenvalue weighted by Crippen LogP contribution is 2.30. The van der Waals surface area contributed by atoms with Crippen LogP contribution in [-0.2, 0) is 11.3 Å². The third-order valence-electron chi connectivity index (χ3n) is 5.97. The number of carbonyl (C=O) groups excluding carboxylic acids is 1. The number of nitrogens with zero attached hydrogens (tertiary/aromatic N) is 1. The van der Waals surface area contributed by atoms with Crippen molar-refractivity contribution >= 4 is 5.91 Å². The molecular weight excluding hydrogens is 376 g/mol. The highest BCUT2D eigenvalue weighted by atomic mass is 19.2. The van der Waals surface area contributed by atoms with Gasteiger partial charge in [0.1, 0.15) is 0 Å². The van der Waals surface area contributed by atoms with Gasteiger partial charge in [0.15, 0.2) is 17.2 Å². The van der Waals surface area contributed by atoms with Crippen LogP contribution in [0.15, 0.2) is 18.2 Å². The average molecular weight is 410 g/mol. The predicted octanol–water partition coefficient (Wildman–Crippen LogP) is 2.72. The van der Waals surface area contributed by atoms with Crippen molar-refractivity contribution in [3.05, 3.63) is 35.4 Å². The number of piperidine rings is 2. The van der Waals surface area contributed by atoms with Gasteiger partial charge in [-0.05, 0) is 59.4 Å². The second-order valence-electron chi connectivity index (χ2n) is 9.95. The Bertz CT molecular complexity index is 752. The van der Waals surface area contributed by atoms with Crippen molar-refractivity contribution < 1.29 is 18.7 Å². The second kappa shape index (κ2) is 7.93. The van der Waals surface area contributed by atoms with Crippen molar-refractivity contribution in [3.8, 4) is 0 Å². The molecule has 1 aromatic carbocycles. The monoisotopic (exact) mass is 409 g/mol. The predicted molar refractivity (Wildman–Crippen MR) is 108 cm³/mol. The molecule has 7 heteroatoms. The van der Waals surface area contributed by atoms with Crippen LogP contribution < -0.4 is 10.6 Å². The smallest absolute Gasteiger partial charge is 0.256 e. The Morgan fingerprint density at radius 3 is 2.52 bits per heavy atom. The van der Waals surface area contributed by atoms with Gasteiger partial charge in [-0.1, -0.05) is 12.1 Å².